The summed E-state index contributed by atoms with van der Waals surface area (Å²) in [5.74, 6) is -1.18. The van der Waals surface area contributed by atoms with Gasteiger partial charge >= 0.3 is 5.97 Å². The second-order valence-electron chi connectivity index (χ2n) is 10.7. The highest BCUT2D eigenvalue weighted by atomic mass is 35.5. The van der Waals surface area contributed by atoms with Crippen LogP contribution in [0.25, 0.3) is 10.2 Å². The van der Waals surface area contributed by atoms with Gasteiger partial charge in [0, 0.05) is 5.88 Å². The highest BCUT2D eigenvalue weighted by molar-refractivity contribution is 8.77. The molecule has 1 saturated heterocycles. The lowest BCUT2D eigenvalue weighted by atomic mass is 9.98. The molecule has 0 spiro atoms. The number of nitrogens with zero attached hydrogens (tertiary/aromatic N) is 2. The molecule has 1 fully saturated rings. The van der Waals surface area contributed by atoms with E-state index in [1.54, 1.807) is 24.3 Å². The van der Waals surface area contributed by atoms with Crippen molar-refractivity contribution in [2.75, 3.05) is 12.5 Å². The van der Waals surface area contributed by atoms with Crippen molar-refractivity contribution in [2.45, 2.75) is 27.9 Å². The van der Waals surface area contributed by atoms with Crippen molar-refractivity contribution in [3.63, 3.8) is 0 Å². The number of carbonyl (C=O) groups excluding carboxylic acids is 3. The van der Waals surface area contributed by atoms with Gasteiger partial charge in [-0.3, -0.25) is 9.59 Å². The number of thiazole rings is 1. The summed E-state index contributed by atoms with van der Waals surface area (Å²) >= 11 is 7.78. The molecule has 2 amide bonds. The van der Waals surface area contributed by atoms with Crippen LogP contribution in [0.15, 0.2) is 132 Å². The standard InChI is InChI=1S/C36H30ClN3O5S3/c1-23(21-37)31(35(43)45-32(24-13-5-2-6-14-24)25-15-7-3-8-16-25)40-33(42)30(39-29(41)22-44-26-17-9-4-10-18-26)34(40)47-48-36-38-27-19-11-12-20-28(27)46-36/h2-20,30-32,34H,1,21-22H2,(H,39,41). The summed E-state index contributed by atoms with van der Waals surface area (Å²) in [6.45, 7) is 3.77. The summed E-state index contributed by atoms with van der Waals surface area (Å²) in [7, 11) is 2.68. The van der Waals surface area contributed by atoms with Crippen molar-refractivity contribution in [3.8, 4) is 5.75 Å². The van der Waals surface area contributed by atoms with Crippen molar-refractivity contribution in [3.05, 3.63) is 139 Å². The van der Waals surface area contributed by atoms with Gasteiger partial charge in [-0.2, -0.15) is 0 Å². The van der Waals surface area contributed by atoms with Crippen LogP contribution in [0.4, 0.5) is 0 Å². The second-order valence-corrected chi connectivity index (χ2v) is 14.6. The molecule has 8 nitrogen and oxygen atoms in total. The van der Waals surface area contributed by atoms with Crippen LogP contribution in [0.1, 0.15) is 17.2 Å². The Morgan fingerprint density at radius 3 is 2.15 bits per heavy atom. The van der Waals surface area contributed by atoms with E-state index in [4.69, 9.17) is 26.1 Å². The largest absolute Gasteiger partial charge is 0.484 e. The average Bonchev–Trinajstić information content (AvgIpc) is 3.55. The number of β-lactam (4-membered cyclic amide) rings is 1. The summed E-state index contributed by atoms with van der Waals surface area (Å²) in [5, 5.41) is 2.12. The van der Waals surface area contributed by atoms with Gasteiger partial charge in [0.15, 0.2) is 23.1 Å². The number of likely N-dealkylation sites (tertiary alicyclic amines) is 1. The number of nitrogens with one attached hydrogen (secondary N) is 1. The zero-order chi connectivity index (χ0) is 33.5. The first kappa shape index (κ1) is 33.6. The number of alkyl halides is 1. The quantitative estimate of drug-likeness (QED) is 0.0422. The fraction of sp³-hybridized carbons (Fsp3) is 0.167. The van der Waals surface area contributed by atoms with Crippen LogP contribution in [-0.4, -0.2) is 57.6 Å². The van der Waals surface area contributed by atoms with Crippen LogP contribution < -0.4 is 10.1 Å². The number of hydrogen-bond acceptors (Lipinski definition) is 9. The van der Waals surface area contributed by atoms with E-state index < -0.39 is 41.3 Å². The average molecular weight is 716 g/mol. The van der Waals surface area contributed by atoms with Gasteiger partial charge < -0.3 is 19.7 Å². The molecule has 3 unspecified atom stereocenters. The van der Waals surface area contributed by atoms with Crippen LogP contribution in [0, 0.1) is 0 Å². The lowest BCUT2D eigenvalue weighted by molar-refractivity contribution is -0.165. The van der Waals surface area contributed by atoms with Crippen LogP contribution in [0.2, 0.25) is 0 Å². The van der Waals surface area contributed by atoms with Crippen LogP contribution >= 0.6 is 44.5 Å². The number of ether oxygens (including phenoxy) is 2. The van der Waals surface area contributed by atoms with Gasteiger partial charge in [-0.15, -0.1) is 22.9 Å². The van der Waals surface area contributed by atoms with Gasteiger partial charge in [0.1, 0.15) is 17.2 Å². The molecule has 1 aliphatic rings. The third-order valence-electron chi connectivity index (χ3n) is 7.50. The van der Waals surface area contributed by atoms with Gasteiger partial charge in [0.2, 0.25) is 5.91 Å². The zero-order valence-corrected chi connectivity index (χ0v) is 28.6. The maximum atomic E-state index is 14.1. The molecule has 0 radical (unpaired) electrons. The van der Waals surface area contributed by atoms with Crippen molar-refractivity contribution in [2.24, 2.45) is 0 Å². The summed E-state index contributed by atoms with van der Waals surface area (Å²) in [6.07, 6.45) is -0.740. The van der Waals surface area contributed by atoms with Crippen molar-refractivity contribution in [1.29, 1.82) is 0 Å². The summed E-state index contributed by atoms with van der Waals surface area (Å²) < 4.78 is 13.6. The lowest BCUT2D eigenvalue weighted by Gasteiger charge is -2.49. The van der Waals surface area contributed by atoms with Gasteiger partial charge in [0.05, 0.1) is 10.2 Å². The number of hydrogen-bond donors (Lipinski definition) is 1. The van der Waals surface area contributed by atoms with Crippen LogP contribution in [-0.2, 0) is 19.1 Å². The first-order valence-electron chi connectivity index (χ1n) is 14.9. The molecule has 48 heavy (non-hydrogen) atoms. The van der Waals surface area contributed by atoms with Gasteiger partial charge in [-0.05, 0) is 51.8 Å². The SMILES string of the molecule is C=C(CCl)C(C(=O)OC(c1ccccc1)c1ccccc1)N1C(=O)C(NC(=O)COc2ccccc2)C1SSc1nc2ccccc2s1. The zero-order valence-electron chi connectivity index (χ0n) is 25.4. The van der Waals surface area contributed by atoms with Gasteiger partial charge in [-0.25, -0.2) is 9.78 Å². The fourth-order valence-electron chi connectivity index (χ4n) is 5.17. The number of esters is 1. The molecule has 0 bridgehead atoms. The third kappa shape index (κ3) is 7.71. The molecule has 2 heterocycles. The number of para-hydroxylation sites is 2. The fourth-order valence-corrected chi connectivity index (χ4v) is 9.27. The topological polar surface area (TPSA) is 97.8 Å². The Morgan fingerprint density at radius 1 is 0.917 bits per heavy atom. The lowest BCUT2D eigenvalue weighted by Crippen LogP contribution is -2.73. The second kappa shape index (κ2) is 15.7. The molecule has 4 aromatic carbocycles. The van der Waals surface area contributed by atoms with E-state index in [0.29, 0.717) is 11.3 Å². The van der Waals surface area contributed by atoms with Crippen LogP contribution in [0.5, 0.6) is 5.75 Å². The van der Waals surface area contributed by atoms with E-state index >= 15 is 0 Å². The van der Waals surface area contributed by atoms with Crippen molar-refractivity contribution < 1.29 is 23.9 Å². The normalized spacial score (nSPS) is 16.3. The Balaban J connectivity index is 1.25. The maximum absolute atomic E-state index is 14.1. The molecule has 1 aromatic heterocycles. The molecule has 0 aliphatic carbocycles. The number of fused-ring (bicyclic) bond motifs is 1. The summed E-state index contributed by atoms with van der Waals surface area (Å²) in [4.78, 5) is 47.1. The molecular formula is C36H30ClN3O5S3. The number of aromatic nitrogens is 1. The summed E-state index contributed by atoms with van der Waals surface area (Å²) in [5.41, 5.74) is 2.69. The minimum Gasteiger partial charge on any atom is -0.484 e. The predicted octanol–water partition coefficient (Wildman–Crippen LogP) is 7.27. The molecule has 1 N–H and O–H groups in total. The monoisotopic (exact) mass is 715 g/mol. The van der Waals surface area contributed by atoms with Crippen molar-refractivity contribution in [1.82, 2.24) is 15.2 Å². The third-order valence-corrected chi connectivity index (χ3v) is 11.9. The molecule has 244 valence electrons. The van der Waals surface area contributed by atoms with E-state index in [1.165, 1.54) is 37.8 Å². The van der Waals surface area contributed by atoms with Crippen LogP contribution in [0.3, 0.4) is 0 Å². The summed E-state index contributed by atoms with van der Waals surface area (Å²) in [6, 6.07) is 33.3. The molecule has 1 aliphatic heterocycles. The van der Waals surface area contributed by atoms with E-state index in [9.17, 15) is 14.4 Å². The van der Waals surface area contributed by atoms with Crippen molar-refractivity contribution >= 4 is 72.5 Å². The number of benzene rings is 4. The smallest absolute Gasteiger partial charge is 0.334 e. The minimum atomic E-state index is -1.20. The number of carbonyl (C=O) groups is 3. The Hall–Kier alpha value is -4.29. The Morgan fingerprint density at radius 2 is 1.52 bits per heavy atom. The number of rotatable bonds is 14. The molecule has 0 saturated carbocycles. The molecule has 5 aromatic rings. The Bertz CT molecular complexity index is 1820. The molecule has 3 atom stereocenters. The van der Waals surface area contributed by atoms with Gasteiger partial charge in [0.25, 0.3) is 5.91 Å². The van der Waals surface area contributed by atoms with E-state index in [2.05, 4.69) is 11.9 Å². The molecule has 12 heteroatoms. The highest BCUT2D eigenvalue weighted by Gasteiger charge is 2.55. The first-order valence-corrected chi connectivity index (χ1v) is 18.5. The van der Waals surface area contributed by atoms with E-state index in [-0.39, 0.29) is 12.5 Å². The number of amides is 2. The first-order chi connectivity index (χ1) is 23.4. The highest BCUT2D eigenvalue weighted by Crippen LogP contribution is 2.45. The molecule has 6 rings (SSSR count). The van der Waals surface area contributed by atoms with Gasteiger partial charge in [-0.1, -0.05) is 108 Å². The van der Waals surface area contributed by atoms with E-state index in [1.807, 2.05) is 91.0 Å². The minimum absolute atomic E-state index is 0.0881. The number of halogens is 1. The Kier molecular flexibility index (Phi) is 11.0. The molecular weight excluding hydrogens is 686 g/mol. The maximum Gasteiger partial charge on any atom is 0.334 e. The Labute approximate surface area is 294 Å². The van der Waals surface area contributed by atoms with E-state index in [0.717, 1.165) is 25.7 Å². The predicted molar refractivity (Wildman–Crippen MR) is 192 cm³/mol.